The van der Waals surface area contributed by atoms with Gasteiger partial charge in [0, 0.05) is 43.1 Å². The topological polar surface area (TPSA) is 98.8 Å². The molecule has 0 aliphatic rings. The Morgan fingerprint density at radius 2 is 1.31 bits per heavy atom. The summed E-state index contributed by atoms with van der Waals surface area (Å²) in [6, 6.07) is 13.1. The first-order chi connectivity index (χ1) is 15.3. The Labute approximate surface area is 190 Å². The van der Waals surface area contributed by atoms with Crippen molar-refractivity contribution in [2.75, 3.05) is 43.4 Å². The van der Waals surface area contributed by atoms with Gasteiger partial charge in [0.05, 0.1) is 11.4 Å². The summed E-state index contributed by atoms with van der Waals surface area (Å²) in [5.74, 6) is -0.293. The standard InChI is InChI=1S/C23H32N4O4S/c1-5-26(6-2)23(29)18-9-11-19(12-10-18)24-17-22(28)25-20-13-15-21(16-14-20)32(30,31)27(7-3)8-4/h9-16,24H,5-8,17H2,1-4H3,(H,25,28). The molecule has 0 atom stereocenters. The van der Waals surface area contributed by atoms with Gasteiger partial charge in [0.25, 0.3) is 5.91 Å². The summed E-state index contributed by atoms with van der Waals surface area (Å²) in [7, 11) is -3.53. The number of nitrogens with one attached hydrogen (secondary N) is 2. The minimum absolute atomic E-state index is 0.0225. The monoisotopic (exact) mass is 460 g/mol. The maximum absolute atomic E-state index is 12.5. The van der Waals surface area contributed by atoms with E-state index in [9.17, 15) is 18.0 Å². The predicted octanol–water partition coefficient (Wildman–Crippen LogP) is 3.25. The second kappa shape index (κ2) is 11.6. The van der Waals surface area contributed by atoms with E-state index in [4.69, 9.17) is 0 Å². The van der Waals surface area contributed by atoms with Crippen LogP contribution < -0.4 is 10.6 Å². The Bertz CT molecular complexity index is 997. The molecule has 2 rings (SSSR count). The summed E-state index contributed by atoms with van der Waals surface area (Å²) >= 11 is 0. The van der Waals surface area contributed by atoms with Crippen LogP contribution in [0.2, 0.25) is 0 Å². The quantitative estimate of drug-likeness (QED) is 0.536. The highest BCUT2D eigenvalue weighted by molar-refractivity contribution is 7.89. The number of hydrogen-bond donors (Lipinski definition) is 2. The molecule has 2 amide bonds. The van der Waals surface area contributed by atoms with Crippen LogP contribution in [0.3, 0.4) is 0 Å². The van der Waals surface area contributed by atoms with Gasteiger partial charge in [-0.1, -0.05) is 13.8 Å². The van der Waals surface area contributed by atoms with Crippen molar-refractivity contribution >= 4 is 33.2 Å². The highest BCUT2D eigenvalue weighted by atomic mass is 32.2. The van der Waals surface area contributed by atoms with Crippen LogP contribution in [0, 0.1) is 0 Å². The molecule has 8 nitrogen and oxygen atoms in total. The fraction of sp³-hybridized carbons (Fsp3) is 0.391. The van der Waals surface area contributed by atoms with Gasteiger partial charge in [-0.25, -0.2) is 8.42 Å². The summed E-state index contributed by atoms with van der Waals surface area (Å²) in [4.78, 5) is 26.5. The van der Waals surface area contributed by atoms with Gasteiger partial charge in [-0.2, -0.15) is 4.31 Å². The van der Waals surface area contributed by atoms with Crippen LogP contribution in [0.1, 0.15) is 38.1 Å². The Hall–Kier alpha value is -2.91. The van der Waals surface area contributed by atoms with Gasteiger partial charge in [-0.05, 0) is 62.4 Å². The molecule has 0 aliphatic heterocycles. The van der Waals surface area contributed by atoms with E-state index in [2.05, 4.69) is 10.6 Å². The molecular weight excluding hydrogens is 428 g/mol. The molecule has 0 saturated carbocycles. The fourth-order valence-electron chi connectivity index (χ4n) is 3.23. The van der Waals surface area contributed by atoms with Crippen LogP contribution in [0.5, 0.6) is 0 Å². The lowest BCUT2D eigenvalue weighted by molar-refractivity contribution is -0.114. The van der Waals surface area contributed by atoms with Crippen LogP contribution in [0.25, 0.3) is 0 Å². The van der Waals surface area contributed by atoms with E-state index in [1.807, 2.05) is 13.8 Å². The second-order valence-electron chi connectivity index (χ2n) is 7.07. The van der Waals surface area contributed by atoms with Crippen molar-refractivity contribution in [3.8, 4) is 0 Å². The smallest absolute Gasteiger partial charge is 0.253 e. The zero-order valence-electron chi connectivity index (χ0n) is 19.1. The maximum atomic E-state index is 12.5. The van der Waals surface area contributed by atoms with Crippen LogP contribution in [0.4, 0.5) is 11.4 Å². The molecular formula is C23H32N4O4S. The molecule has 2 aromatic carbocycles. The molecule has 0 fully saturated rings. The van der Waals surface area contributed by atoms with Crippen LogP contribution in [-0.4, -0.2) is 62.2 Å². The molecule has 9 heteroatoms. The molecule has 0 saturated heterocycles. The zero-order valence-corrected chi connectivity index (χ0v) is 19.9. The van der Waals surface area contributed by atoms with E-state index in [0.29, 0.717) is 37.4 Å². The van der Waals surface area contributed by atoms with Gasteiger partial charge >= 0.3 is 0 Å². The minimum Gasteiger partial charge on any atom is -0.376 e. The number of sulfonamides is 1. The van der Waals surface area contributed by atoms with Crippen LogP contribution in [-0.2, 0) is 14.8 Å². The molecule has 0 aliphatic carbocycles. The van der Waals surface area contributed by atoms with E-state index in [-0.39, 0.29) is 23.3 Å². The average Bonchev–Trinajstić information content (AvgIpc) is 2.79. The zero-order chi connectivity index (χ0) is 23.7. The molecule has 174 valence electrons. The Balaban J connectivity index is 1.92. The number of carbonyl (C=O) groups excluding carboxylic acids is 2. The van der Waals surface area contributed by atoms with Gasteiger partial charge in [0.15, 0.2) is 0 Å². The third kappa shape index (κ3) is 6.30. The highest BCUT2D eigenvalue weighted by Crippen LogP contribution is 2.18. The molecule has 2 aromatic rings. The van der Waals surface area contributed by atoms with E-state index < -0.39 is 10.0 Å². The third-order valence-corrected chi connectivity index (χ3v) is 7.18. The largest absolute Gasteiger partial charge is 0.376 e. The number of nitrogens with zero attached hydrogens (tertiary/aromatic N) is 2. The molecule has 0 unspecified atom stereocenters. The highest BCUT2D eigenvalue weighted by Gasteiger charge is 2.21. The van der Waals surface area contributed by atoms with E-state index in [1.54, 1.807) is 55.1 Å². The average molecular weight is 461 g/mol. The first-order valence-electron chi connectivity index (χ1n) is 10.8. The molecule has 32 heavy (non-hydrogen) atoms. The van der Waals surface area contributed by atoms with Gasteiger partial charge in [-0.3, -0.25) is 9.59 Å². The first-order valence-corrected chi connectivity index (χ1v) is 12.2. The van der Waals surface area contributed by atoms with Crippen molar-refractivity contribution in [3.63, 3.8) is 0 Å². The van der Waals surface area contributed by atoms with E-state index in [1.165, 1.54) is 16.4 Å². The second-order valence-corrected chi connectivity index (χ2v) is 9.01. The third-order valence-electron chi connectivity index (χ3n) is 5.12. The van der Waals surface area contributed by atoms with E-state index in [0.717, 1.165) is 5.69 Å². The lowest BCUT2D eigenvalue weighted by atomic mass is 10.2. The Kier molecular flexibility index (Phi) is 9.22. The van der Waals surface area contributed by atoms with Gasteiger partial charge < -0.3 is 15.5 Å². The Morgan fingerprint density at radius 3 is 1.81 bits per heavy atom. The lowest BCUT2D eigenvalue weighted by Gasteiger charge is -2.18. The number of amides is 2. The fourth-order valence-corrected chi connectivity index (χ4v) is 4.69. The molecule has 0 bridgehead atoms. The summed E-state index contributed by atoms with van der Waals surface area (Å²) in [6.45, 7) is 9.58. The molecule has 0 heterocycles. The van der Waals surface area contributed by atoms with Gasteiger partial charge in [0.2, 0.25) is 15.9 Å². The molecule has 0 aromatic heterocycles. The summed E-state index contributed by atoms with van der Waals surface area (Å²) < 4.78 is 26.4. The first kappa shape index (κ1) is 25.4. The van der Waals surface area contributed by atoms with Crippen molar-refractivity contribution in [2.24, 2.45) is 0 Å². The van der Waals surface area contributed by atoms with Crippen LogP contribution >= 0.6 is 0 Å². The Morgan fingerprint density at radius 1 is 0.781 bits per heavy atom. The minimum atomic E-state index is -3.53. The number of rotatable bonds is 11. The summed E-state index contributed by atoms with van der Waals surface area (Å²) in [5.41, 5.74) is 1.83. The molecule has 0 radical (unpaired) electrons. The number of anilines is 2. The number of benzene rings is 2. The summed E-state index contributed by atoms with van der Waals surface area (Å²) in [5, 5.41) is 5.75. The maximum Gasteiger partial charge on any atom is 0.253 e. The number of hydrogen-bond acceptors (Lipinski definition) is 5. The van der Waals surface area contributed by atoms with Crippen molar-refractivity contribution < 1.29 is 18.0 Å². The SMILES string of the molecule is CCN(CC)C(=O)c1ccc(NCC(=O)Nc2ccc(S(=O)(=O)N(CC)CC)cc2)cc1. The van der Waals surface area contributed by atoms with Crippen molar-refractivity contribution in [1.82, 2.24) is 9.21 Å². The number of carbonyl (C=O) groups is 2. The summed E-state index contributed by atoms with van der Waals surface area (Å²) in [6.07, 6.45) is 0. The van der Waals surface area contributed by atoms with Crippen LogP contribution in [0.15, 0.2) is 53.4 Å². The van der Waals surface area contributed by atoms with Crippen molar-refractivity contribution in [3.05, 3.63) is 54.1 Å². The van der Waals surface area contributed by atoms with Crippen molar-refractivity contribution in [2.45, 2.75) is 32.6 Å². The van der Waals surface area contributed by atoms with Gasteiger partial charge in [0.1, 0.15) is 0 Å². The predicted molar refractivity (Wildman–Crippen MR) is 127 cm³/mol. The van der Waals surface area contributed by atoms with Crippen molar-refractivity contribution in [1.29, 1.82) is 0 Å². The molecule has 2 N–H and O–H groups in total. The van der Waals surface area contributed by atoms with Gasteiger partial charge in [-0.15, -0.1) is 0 Å². The van der Waals surface area contributed by atoms with E-state index >= 15 is 0 Å². The molecule has 0 spiro atoms. The normalized spacial score (nSPS) is 11.3. The lowest BCUT2D eigenvalue weighted by Crippen LogP contribution is -2.30.